The van der Waals surface area contributed by atoms with Crippen LogP contribution >= 0.6 is 0 Å². The van der Waals surface area contributed by atoms with Crippen molar-refractivity contribution in [2.24, 2.45) is 5.41 Å². The summed E-state index contributed by atoms with van der Waals surface area (Å²) in [7, 11) is 0. The molecule has 12 heteroatoms. The van der Waals surface area contributed by atoms with Gasteiger partial charge in [0.05, 0.1) is 13.1 Å². The van der Waals surface area contributed by atoms with Gasteiger partial charge in [-0.2, -0.15) is 8.78 Å². The standard InChI is InChI=1S/C30H35F3N4O5/c1-29(2,3)42-28(41)35-13-11-30(12-14-35)18-36(19-30)27(40)37(22-7-5-4-6-8-22)17-21-10-9-20(15-23(21)31)24(38)16-34-26(39)25(32)33/h4-10,15,25H,11-14,16-19H2,1-3H3,(H,34,39). The second-order valence-corrected chi connectivity index (χ2v) is 11.8. The Morgan fingerprint density at radius 1 is 1.00 bits per heavy atom. The van der Waals surface area contributed by atoms with Crippen LogP contribution in [0.1, 0.15) is 49.5 Å². The molecule has 1 spiro atoms. The maximum absolute atomic E-state index is 15.1. The fourth-order valence-corrected chi connectivity index (χ4v) is 5.12. The molecule has 0 saturated carbocycles. The van der Waals surface area contributed by atoms with E-state index in [1.807, 2.05) is 20.8 Å². The van der Waals surface area contributed by atoms with E-state index in [-0.39, 0.29) is 35.2 Å². The van der Waals surface area contributed by atoms with E-state index in [0.717, 1.165) is 18.9 Å². The highest BCUT2D eigenvalue weighted by Gasteiger charge is 2.48. The highest BCUT2D eigenvalue weighted by molar-refractivity contribution is 5.99. The molecule has 9 nitrogen and oxygen atoms in total. The number of anilines is 1. The molecule has 2 heterocycles. The van der Waals surface area contributed by atoms with Crippen molar-refractivity contribution in [1.29, 1.82) is 0 Å². The predicted octanol–water partition coefficient (Wildman–Crippen LogP) is 4.85. The molecular formula is C30H35F3N4O5. The molecule has 2 saturated heterocycles. The lowest BCUT2D eigenvalue weighted by atomic mass is 9.72. The van der Waals surface area contributed by atoms with Crippen LogP contribution in [-0.2, 0) is 16.1 Å². The zero-order chi connectivity index (χ0) is 30.7. The maximum Gasteiger partial charge on any atom is 0.410 e. The molecule has 1 N–H and O–H groups in total. The number of halogens is 3. The molecule has 0 unspecified atom stereocenters. The number of urea groups is 1. The van der Waals surface area contributed by atoms with Gasteiger partial charge in [0.15, 0.2) is 5.78 Å². The SMILES string of the molecule is CC(C)(C)OC(=O)N1CCC2(CC1)CN(C(=O)N(Cc1ccc(C(=O)CNC(=O)C(F)F)cc1F)c1ccccc1)C2. The number of piperidine rings is 1. The number of amides is 4. The van der Waals surface area contributed by atoms with Crippen LogP contribution in [0.2, 0.25) is 0 Å². The largest absolute Gasteiger partial charge is 0.444 e. The van der Waals surface area contributed by atoms with Crippen LogP contribution in [0, 0.1) is 11.2 Å². The van der Waals surface area contributed by atoms with Gasteiger partial charge in [-0.1, -0.05) is 30.3 Å². The first kappa shape index (κ1) is 30.9. The number of hydrogen-bond donors (Lipinski definition) is 1. The number of alkyl halides is 2. The second-order valence-electron chi connectivity index (χ2n) is 11.8. The molecule has 226 valence electrons. The summed E-state index contributed by atoms with van der Waals surface area (Å²) in [4.78, 5) is 54.3. The predicted molar refractivity (Wildman–Crippen MR) is 149 cm³/mol. The number of likely N-dealkylation sites (tertiary alicyclic amines) is 2. The van der Waals surface area contributed by atoms with E-state index < -0.39 is 36.1 Å². The summed E-state index contributed by atoms with van der Waals surface area (Å²) < 4.78 is 45.3. The van der Waals surface area contributed by atoms with Gasteiger partial charge in [0.25, 0.3) is 5.91 Å². The van der Waals surface area contributed by atoms with Crippen molar-refractivity contribution in [1.82, 2.24) is 15.1 Å². The monoisotopic (exact) mass is 588 g/mol. The number of nitrogens with one attached hydrogen (secondary N) is 1. The molecule has 2 aromatic carbocycles. The molecular weight excluding hydrogens is 553 g/mol. The third-order valence-corrected chi connectivity index (χ3v) is 7.42. The van der Waals surface area contributed by atoms with Gasteiger partial charge in [0.2, 0.25) is 0 Å². The lowest BCUT2D eigenvalue weighted by Crippen LogP contribution is -2.64. The average molecular weight is 589 g/mol. The lowest BCUT2D eigenvalue weighted by Gasteiger charge is -2.54. The van der Waals surface area contributed by atoms with Crippen LogP contribution in [0.25, 0.3) is 0 Å². The van der Waals surface area contributed by atoms with E-state index in [0.29, 0.717) is 31.9 Å². The minimum Gasteiger partial charge on any atom is -0.444 e. The minimum atomic E-state index is -3.26. The molecule has 2 aromatic rings. The van der Waals surface area contributed by atoms with Crippen LogP contribution in [-0.4, -0.2) is 78.4 Å². The fraction of sp³-hybridized carbons (Fsp3) is 0.467. The number of para-hydroxylation sites is 1. The molecule has 42 heavy (non-hydrogen) atoms. The van der Waals surface area contributed by atoms with E-state index >= 15 is 4.39 Å². The molecule has 0 aromatic heterocycles. The van der Waals surface area contributed by atoms with Crippen LogP contribution < -0.4 is 10.2 Å². The first-order valence-corrected chi connectivity index (χ1v) is 13.7. The van der Waals surface area contributed by atoms with E-state index in [1.165, 1.54) is 17.0 Å². The number of carbonyl (C=O) groups is 4. The van der Waals surface area contributed by atoms with Gasteiger partial charge in [0, 0.05) is 48.4 Å². The summed E-state index contributed by atoms with van der Waals surface area (Å²) in [5.41, 5.74) is -0.0377. The van der Waals surface area contributed by atoms with Gasteiger partial charge >= 0.3 is 18.5 Å². The Bertz CT molecular complexity index is 1320. The Morgan fingerprint density at radius 3 is 2.21 bits per heavy atom. The lowest BCUT2D eigenvalue weighted by molar-refractivity contribution is -0.131. The molecule has 2 aliphatic rings. The average Bonchev–Trinajstić information content (AvgIpc) is 2.93. The zero-order valence-corrected chi connectivity index (χ0v) is 23.9. The zero-order valence-electron chi connectivity index (χ0n) is 23.9. The number of hydrogen-bond acceptors (Lipinski definition) is 5. The smallest absolute Gasteiger partial charge is 0.410 e. The van der Waals surface area contributed by atoms with Crippen molar-refractivity contribution in [2.45, 2.75) is 52.2 Å². The van der Waals surface area contributed by atoms with E-state index in [4.69, 9.17) is 4.74 Å². The third-order valence-electron chi connectivity index (χ3n) is 7.42. The van der Waals surface area contributed by atoms with Crippen LogP contribution in [0.5, 0.6) is 0 Å². The first-order valence-electron chi connectivity index (χ1n) is 13.7. The molecule has 0 bridgehead atoms. The third kappa shape index (κ3) is 7.40. The Hall–Kier alpha value is -4.09. The van der Waals surface area contributed by atoms with Crippen LogP contribution in [0.15, 0.2) is 48.5 Å². The Labute approximate surface area is 242 Å². The van der Waals surface area contributed by atoms with Crippen molar-refractivity contribution in [3.8, 4) is 0 Å². The molecule has 4 amide bonds. The highest BCUT2D eigenvalue weighted by Crippen LogP contribution is 2.41. The topological polar surface area (TPSA) is 99.3 Å². The number of carbonyl (C=O) groups excluding carboxylic acids is 4. The van der Waals surface area contributed by atoms with E-state index in [9.17, 15) is 28.0 Å². The summed E-state index contributed by atoms with van der Waals surface area (Å²) in [6.07, 6.45) is -2.12. The maximum atomic E-state index is 15.1. The van der Waals surface area contributed by atoms with Gasteiger partial charge in [-0.3, -0.25) is 14.5 Å². The molecule has 0 atom stereocenters. The van der Waals surface area contributed by atoms with Gasteiger partial charge in [-0.15, -0.1) is 0 Å². The van der Waals surface area contributed by atoms with Crippen molar-refractivity contribution in [2.75, 3.05) is 37.6 Å². The minimum absolute atomic E-state index is 0.0918. The molecule has 2 fully saturated rings. The Balaban J connectivity index is 1.40. The van der Waals surface area contributed by atoms with Crippen LogP contribution in [0.4, 0.5) is 28.4 Å². The summed E-state index contributed by atoms with van der Waals surface area (Å²) in [6, 6.07) is 12.2. The normalized spacial score (nSPS) is 16.2. The number of benzene rings is 2. The highest BCUT2D eigenvalue weighted by atomic mass is 19.3. The van der Waals surface area contributed by atoms with E-state index in [2.05, 4.69) is 0 Å². The van der Waals surface area contributed by atoms with Crippen LogP contribution in [0.3, 0.4) is 0 Å². The Kier molecular flexibility index (Phi) is 9.12. The number of rotatable bonds is 7. The van der Waals surface area contributed by atoms with Crippen molar-refractivity contribution >= 4 is 29.5 Å². The van der Waals surface area contributed by atoms with Crippen molar-refractivity contribution < 1.29 is 37.1 Å². The molecule has 4 rings (SSSR count). The first-order chi connectivity index (χ1) is 19.8. The summed E-state index contributed by atoms with van der Waals surface area (Å²) in [5, 5.41) is 1.80. The van der Waals surface area contributed by atoms with Gasteiger partial charge < -0.3 is 19.9 Å². The van der Waals surface area contributed by atoms with E-state index in [1.54, 1.807) is 45.4 Å². The second kappa shape index (κ2) is 12.4. The van der Waals surface area contributed by atoms with Gasteiger partial charge in [0.1, 0.15) is 11.4 Å². The molecule has 0 radical (unpaired) electrons. The number of Topliss-reactive ketones (excluding diaryl/α,β-unsaturated/α-hetero) is 1. The quantitative estimate of drug-likeness (QED) is 0.467. The summed E-state index contributed by atoms with van der Waals surface area (Å²) >= 11 is 0. The number of nitrogens with zero attached hydrogens (tertiary/aromatic N) is 3. The molecule has 0 aliphatic carbocycles. The van der Waals surface area contributed by atoms with Gasteiger partial charge in [-0.25, -0.2) is 14.0 Å². The fourth-order valence-electron chi connectivity index (χ4n) is 5.12. The number of ether oxygens (including phenoxy) is 1. The van der Waals surface area contributed by atoms with Crippen molar-refractivity contribution in [3.05, 3.63) is 65.5 Å². The van der Waals surface area contributed by atoms with Crippen molar-refractivity contribution in [3.63, 3.8) is 0 Å². The van der Waals surface area contributed by atoms with Gasteiger partial charge in [-0.05, 0) is 51.8 Å². The molecule has 2 aliphatic heterocycles. The number of ketones is 1. The summed E-state index contributed by atoms with van der Waals surface area (Å²) in [6.45, 7) is 6.78. The Morgan fingerprint density at radius 2 is 1.64 bits per heavy atom. The summed E-state index contributed by atoms with van der Waals surface area (Å²) in [5.74, 6) is -3.06.